The number of urea groups is 1. The van der Waals surface area contributed by atoms with E-state index in [0.717, 1.165) is 10.5 Å². The Morgan fingerprint density at radius 2 is 1.63 bits per heavy atom. The number of benzene rings is 2. The summed E-state index contributed by atoms with van der Waals surface area (Å²) in [4.78, 5) is 106. The first-order chi connectivity index (χ1) is 39.2. The van der Waals surface area contributed by atoms with Gasteiger partial charge >= 0.3 is 18.2 Å². The number of hydrogen-bond donors (Lipinski definition) is 9. The van der Waals surface area contributed by atoms with E-state index in [0.29, 0.717) is 43.5 Å². The molecule has 4 aliphatic rings. The van der Waals surface area contributed by atoms with E-state index in [2.05, 4.69) is 37.2 Å². The molecule has 0 spiro atoms. The Bertz CT molecular complexity index is 2920. The maximum absolute atomic E-state index is 16.0. The molecule has 0 aliphatic carbocycles. The number of imide groups is 1. The van der Waals surface area contributed by atoms with E-state index in [1.54, 1.807) is 58.1 Å². The zero-order chi connectivity index (χ0) is 61.1. The van der Waals surface area contributed by atoms with Crippen LogP contribution >= 0.6 is 23.8 Å². The summed E-state index contributed by atoms with van der Waals surface area (Å²) in [6.07, 6.45) is 1.26. The Balaban J connectivity index is 1.18. The van der Waals surface area contributed by atoms with Crippen molar-refractivity contribution in [2.45, 2.75) is 127 Å². The number of thiocarbonyl (C=S) groups is 1. The molecular formula is C55H71ClF2N10O14S. The molecular weight excluding hydrogens is 1130 g/mol. The molecule has 9 atom stereocenters. The summed E-state index contributed by atoms with van der Waals surface area (Å²) in [7, 11) is 4.24. The highest BCUT2D eigenvalue weighted by Gasteiger charge is 2.64. The second kappa shape index (κ2) is 28.2. The van der Waals surface area contributed by atoms with Crippen molar-refractivity contribution in [1.29, 1.82) is 0 Å². The summed E-state index contributed by atoms with van der Waals surface area (Å²) in [6, 6.07) is 1.31. The van der Waals surface area contributed by atoms with E-state index in [4.69, 9.17) is 53.2 Å². The predicted octanol–water partition coefficient (Wildman–Crippen LogP) is 4.72. The third kappa shape index (κ3) is 16.6. The van der Waals surface area contributed by atoms with Crippen molar-refractivity contribution in [3.05, 3.63) is 82.4 Å². The molecule has 6 rings (SSSR count). The van der Waals surface area contributed by atoms with Crippen LogP contribution in [-0.4, -0.2) is 152 Å². The minimum atomic E-state index is -1.96. The lowest BCUT2D eigenvalue weighted by Crippen LogP contribution is -2.63. The molecule has 9 amide bonds. The fraction of sp³-hybridized carbons (Fsp3) is 0.509. The first kappa shape index (κ1) is 64.7. The SMILES string of the molecule is COc1cc2cc(c1Cl)N(C)C(=O)C[C@H](OC(=O)Nc1cc(F)c(NC(=O)[C@H](CCCNC(N)=O)NC(=O)[C@@H](NC(=S)NCCCCN3C(=O)C=CC3=O)C(C)C)cc1F)[C@]1(C)O[C@H]1[C@H](C)[C@@H]1C[C@@](O)(NC(=O)O1)[C@H](OC)/C=C/C=C(\C)C2. The molecule has 2 saturated heterocycles. The number of ether oxygens (including phenoxy) is 5. The molecule has 4 aliphatic heterocycles. The van der Waals surface area contributed by atoms with Gasteiger partial charge in [-0.2, -0.15) is 0 Å². The van der Waals surface area contributed by atoms with Crippen LogP contribution in [0, 0.1) is 23.5 Å². The van der Waals surface area contributed by atoms with Crippen LogP contribution < -0.4 is 52.6 Å². The summed E-state index contributed by atoms with van der Waals surface area (Å²) >= 11 is 12.2. The first-order valence-electron chi connectivity index (χ1n) is 26.8. The Morgan fingerprint density at radius 3 is 2.27 bits per heavy atom. The van der Waals surface area contributed by atoms with E-state index in [1.807, 2.05) is 6.92 Å². The molecule has 2 aromatic carbocycles. The van der Waals surface area contributed by atoms with Crippen LogP contribution in [0.2, 0.25) is 5.02 Å². The number of carbonyl (C=O) groups excluding carboxylic acids is 8. The van der Waals surface area contributed by atoms with Crippen LogP contribution in [0.4, 0.5) is 40.2 Å². The van der Waals surface area contributed by atoms with Gasteiger partial charge in [0.15, 0.2) is 10.8 Å². The molecule has 2 aromatic rings. The number of halogens is 3. The minimum Gasteiger partial charge on any atom is -0.495 e. The standard InChI is InChI=1S/C55H71ClF2N10O14S/c1-28(2)46(65-51(83)61-18-9-10-20-68-42(69)16-17-43(68)70)49(73)62-34(14-12-19-60-50(59)74)48(72)63-35-24-33(58)36(25-32(35)57)64-52(75)81-41-26-44(71)67(6)37-22-31(23-38(78-7)45(37)56)21-29(3)13-11-15-40(79-8)55(77)27-39(80-53(76)66-55)30(4)47-54(41,5)82-47/h11,13,15-17,22-25,28,30,34,39-41,46-47,77H,9-10,12,14,18-21,26-27H2,1-8H3,(H,62,73)(H,63,72)(H,64,75)(H,66,76)(H3,59,60,74)(H2,61,65,83)/b15-11+,29-13+/t30-,34+,39+,40-,41+,46+,47+,54+,55+/m1/s1. The van der Waals surface area contributed by atoms with Gasteiger partial charge < -0.3 is 66.0 Å². The number of fused-ring (bicyclic) bond motifs is 5. The van der Waals surface area contributed by atoms with E-state index in [9.17, 15) is 43.5 Å². The van der Waals surface area contributed by atoms with Crippen LogP contribution in [-0.2, 0) is 49.3 Å². The third-order valence-electron chi connectivity index (χ3n) is 14.6. The maximum Gasteiger partial charge on any atom is 0.412 e. The van der Waals surface area contributed by atoms with Crippen molar-refractivity contribution in [2.75, 3.05) is 56.4 Å². The van der Waals surface area contributed by atoms with Crippen LogP contribution in [0.25, 0.3) is 0 Å². The number of anilines is 3. The predicted molar refractivity (Wildman–Crippen MR) is 304 cm³/mol. The average Bonchev–Trinajstić information content (AvgIpc) is 3.38. The minimum absolute atomic E-state index is 0.0119. The van der Waals surface area contributed by atoms with Crippen LogP contribution in [0.1, 0.15) is 78.7 Å². The first-order valence-corrected chi connectivity index (χ1v) is 27.5. The summed E-state index contributed by atoms with van der Waals surface area (Å²) in [5, 5.41) is 29.9. The number of nitrogens with zero attached hydrogens (tertiary/aromatic N) is 2. The van der Waals surface area contributed by atoms with E-state index >= 15 is 8.78 Å². The monoisotopic (exact) mass is 1200 g/mol. The highest BCUT2D eigenvalue weighted by atomic mass is 35.5. The number of unbranched alkanes of at least 4 members (excludes halogenated alkanes) is 1. The largest absolute Gasteiger partial charge is 0.495 e. The average molecular weight is 1200 g/mol. The van der Waals surface area contributed by atoms with Crippen molar-refractivity contribution in [1.82, 2.24) is 31.5 Å². The molecule has 0 aromatic heterocycles. The molecule has 24 nitrogen and oxygen atoms in total. The molecule has 2 fully saturated rings. The fourth-order valence-corrected chi connectivity index (χ4v) is 10.4. The van der Waals surface area contributed by atoms with Crippen molar-refractivity contribution in [3.63, 3.8) is 0 Å². The van der Waals surface area contributed by atoms with Crippen LogP contribution in [0.3, 0.4) is 0 Å². The lowest BCUT2D eigenvalue weighted by Gasteiger charge is -2.42. The van der Waals surface area contributed by atoms with E-state index in [1.165, 1.54) is 38.3 Å². The number of epoxide rings is 1. The van der Waals surface area contributed by atoms with Gasteiger partial charge in [0.2, 0.25) is 17.7 Å². The normalized spacial score (nSPS) is 25.1. The fourth-order valence-electron chi connectivity index (χ4n) is 9.86. The Kier molecular flexibility index (Phi) is 22.0. The van der Waals surface area contributed by atoms with Crippen molar-refractivity contribution < 1.29 is 75.9 Å². The van der Waals surface area contributed by atoms with E-state index in [-0.39, 0.29) is 53.9 Å². The number of nitrogens with one attached hydrogen (secondary N) is 7. The number of allylic oxidation sites excluding steroid dienone is 3. The smallest absolute Gasteiger partial charge is 0.412 e. The van der Waals surface area contributed by atoms with Crippen molar-refractivity contribution in [3.8, 4) is 5.75 Å². The number of rotatable bonds is 19. The molecule has 28 heteroatoms. The summed E-state index contributed by atoms with van der Waals surface area (Å²) < 4.78 is 61.0. The zero-order valence-corrected chi connectivity index (χ0v) is 48.7. The topological polar surface area (TPSA) is 323 Å². The third-order valence-corrected chi connectivity index (χ3v) is 15.2. The Morgan fingerprint density at radius 1 is 0.964 bits per heavy atom. The molecule has 0 unspecified atom stereocenters. The quantitative estimate of drug-likeness (QED) is 0.0398. The number of nitrogens with two attached hydrogens (primary N) is 1. The number of alkyl carbamates (subject to hydrolysis) is 1. The Hall–Kier alpha value is -7.46. The van der Waals surface area contributed by atoms with Crippen LogP contribution in [0.15, 0.2) is 60.2 Å². The molecule has 0 saturated carbocycles. The number of primary amides is 1. The summed E-state index contributed by atoms with van der Waals surface area (Å²) in [5.74, 6) is -6.46. The number of amides is 9. The van der Waals surface area contributed by atoms with Gasteiger partial charge in [0, 0.05) is 70.4 Å². The zero-order valence-electron chi connectivity index (χ0n) is 47.2. The van der Waals surface area contributed by atoms with Gasteiger partial charge in [0.1, 0.15) is 58.4 Å². The highest BCUT2D eigenvalue weighted by molar-refractivity contribution is 7.80. The molecule has 452 valence electrons. The lowest BCUT2D eigenvalue weighted by atomic mass is 9.83. The molecule has 4 bridgehead atoms. The number of methoxy groups -OCH3 is 2. The van der Waals surface area contributed by atoms with Gasteiger partial charge in [-0.1, -0.05) is 56.2 Å². The number of hydrogen-bond acceptors (Lipinski definition) is 15. The Labute approximate surface area is 488 Å². The summed E-state index contributed by atoms with van der Waals surface area (Å²) in [5.41, 5.74) is 2.09. The lowest BCUT2D eigenvalue weighted by molar-refractivity contribution is -0.142. The van der Waals surface area contributed by atoms with Gasteiger partial charge in [-0.3, -0.25) is 39.5 Å². The molecule has 83 heavy (non-hydrogen) atoms. The van der Waals surface area contributed by atoms with Gasteiger partial charge in [-0.05, 0) is 81.8 Å². The number of aliphatic hydroxyl groups is 1. The van der Waals surface area contributed by atoms with Crippen molar-refractivity contribution >= 4 is 93.7 Å². The second-order valence-corrected chi connectivity index (χ2v) is 21.9. The van der Waals surface area contributed by atoms with Crippen LogP contribution in [0.5, 0.6) is 5.75 Å². The van der Waals surface area contributed by atoms with E-state index < -0.39 is 137 Å². The number of carbonyl (C=O) groups is 8. The highest BCUT2D eigenvalue weighted by Crippen LogP contribution is 2.49. The molecule has 10 N–H and O–H groups in total. The second-order valence-electron chi connectivity index (χ2n) is 21.1. The van der Waals surface area contributed by atoms with Gasteiger partial charge in [0.25, 0.3) is 11.8 Å². The van der Waals surface area contributed by atoms with Gasteiger partial charge in [-0.25, -0.2) is 23.2 Å². The maximum atomic E-state index is 16.0. The van der Waals surface area contributed by atoms with Crippen molar-refractivity contribution in [2.24, 2.45) is 17.6 Å². The summed E-state index contributed by atoms with van der Waals surface area (Å²) in [6.45, 7) is 9.04. The van der Waals surface area contributed by atoms with Gasteiger partial charge in [0.05, 0.1) is 36.7 Å². The van der Waals surface area contributed by atoms with Gasteiger partial charge in [-0.15, -0.1) is 0 Å². The molecule has 4 heterocycles. The molecule has 0 radical (unpaired) electrons.